The van der Waals surface area contributed by atoms with E-state index in [1.165, 1.54) is 53.9 Å². The lowest BCUT2D eigenvalue weighted by atomic mass is 10.0. The van der Waals surface area contributed by atoms with Crippen LogP contribution in [0.3, 0.4) is 0 Å². The first-order valence-electron chi connectivity index (χ1n) is 12.4. The molecule has 10 nitrogen and oxygen atoms in total. The Kier molecular flexibility index (Phi) is 7.55. The van der Waals surface area contributed by atoms with E-state index in [1.54, 1.807) is 28.8 Å². The molecule has 0 bridgehead atoms. The van der Waals surface area contributed by atoms with Gasteiger partial charge >= 0.3 is 5.97 Å². The Hall–Kier alpha value is -4.29. The van der Waals surface area contributed by atoms with Crippen LogP contribution in [0.1, 0.15) is 29.3 Å². The van der Waals surface area contributed by atoms with E-state index >= 15 is 0 Å². The summed E-state index contributed by atoms with van der Waals surface area (Å²) in [6.45, 7) is 1.61. The molecule has 0 saturated heterocycles. The third-order valence-corrected chi connectivity index (χ3v) is 9.34. The number of carbonyl (C=O) groups excluding carboxylic acids is 3. The summed E-state index contributed by atoms with van der Waals surface area (Å²) in [5.74, 6) is -1.35. The van der Waals surface area contributed by atoms with Gasteiger partial charge in [0, 0.05) is 24.7 Å². The highest BCUT2D eigenvalue weighted by Gasteiger charge is 2.29. The lowest BCUT2D eigenvalue weighted by molar-refractivity contribution is -0.141. The van der Waals surface area contributed by atoms with E-state index in [2.05, 4.69) is 10.3 Å². The van der Waals surface area contributed by atoms with Crippen molar-refractivity contribution >= 4 is 60.7 Å². The maximum atomic E-state index is 13.4. The average Bonchev–Trinajstić information content (AvgIpc) is 3.27. The number of hydrogen-bond donors (Lipinski definition) is 1. The van der Waals surface area contributed by atoms with Crippen molar-refractivity contribution in [3.05, 3.63) is 82.7 Å². The molecule has 0 radical (unpaired) electrons. The fraction of sp³-hybridized carbons (Fsp3) is 0.214. The van der Waals surface area contributed by atoms with E-state index < -0.39 is 21.9 Å². The molecular formula is C28H26N4O6S2. The highest BCUT2D eigenvalue weighted by Crippen LogP contribution is 2.32. The van der Waals surface area contributed by atoms with E-state index in [-0.39, 0.29) is 27.7 Å². The molecule has 2 heterocycles. The van der Waals surface area contributed by atoms with Crippen LogP contribution in [0, 0.1) is 0 Å². The lowest BCUT2D eigenvalue weighted by Gasteiger charge is -2.30. The minimum Gasteiger partial charge on any atom is -0.468 e. The number of hydrogen-bond acceptors (Lipinski definition) is 7. The predicted octanol–water partition coefficient (Wildman–Crippen LogP) is 3.72. The first kappa shape index (κ1) is 27.3. The van der Waals surface area contributed by atoms with Crippen LogP contribution in [0.25, 0.3) is 10.2 Å². The number of fused-ring (bicyclic) bond motifs is 2. The average molecular weight is 579 g/mol. The van der Waals surface area contributed by atoms with Crippen molar-refractivity contribution in [2.45, 2.75) is 31.2 Å². The number of rotatable bonds is 6. The molecule has 0 aliphatic carbocycles. The van der Waals surface area contributed by atoms with Crippen molar-refractivity contribution in [3.63, 3.8) is 0 Å². The molecule has 0 unspecified atom stereocenters. The standard InChI is InChI=1S/C28H26N4O6S2/c1-18(33)29-21-11-14-24-25(16-21)39-28(31(24)17-26(34)38-2)30-27(35)20-9-12-22(13-10-20)40(36,37)32-15-5-7-19-6-3-4-8-23(19)32/h3-4,6,8-14,16H,5,7,15,17H2,1-2H3,(H,29,33). The summed E-state index contributed by atoms with van der Waals surface area (Å²) < 4.78 is 35.4. The number of amides is 2. The number of esters is 1. The zero-order chi connectivity index (χ0) is 28.4. The van der Waals surface area contributed by atoms with Gasteiger partial charge in [0.2, 0.25) is 5.91 Å². The maximum Gasteiger partial charge on any atom is 0.325 e. The van der Waals surface area contributed by atoms with Gasteiger partial charge in [-0.1, -0.05) is 29.5 Å². The number of nitrogens with zero attached hydrogens (tertiary/aromatic N) is 3. The number of aryl methyl sites for hydroxylation is 1. The lowest BCUT2D eigenvalue weighted by Crippen LogP contribution is -2.35. The van der Waals surface area contributed by atoms with E-state index in [1.807, 2.05) is 18.2 Å². The Labute approximate surface area is 234 Å². The van der Waals surface area contributed by atoms with Crippen molar-refractivity contribution in [1.29, 1.82) is 0 Å². The normalized spacial score (nSPS) is 13.7. The summed E-state index contributed by atoms with van der Waals surface area (Å²) in [6.07, 6.45) is 1.54. The molecule has 206 valence electrons. The first-order valence-corrected chi connectivity index (χ1v) is 14.7. The van der Waals surface area contributed by atoms with Crippen molar-refractivity contribution in [1.82, 2.24) is 4.57 Å². The van der Waals surface area contributed by atoms with Crippen LogP contribution in [0.15, 0.2) is 76.6 Å². The number of benzene rings is 3. The largest absolute Gasteiger partial charge is 0.468 e. The molecule has 5 rings (SSSR count). The Morgan fingerprint density at radius 1 is 1.05 bits per heavy atom. The second kappa shape index (κ2) is 11.1. The highest BCUT2D eigenvalue weighted by molar-refractivity contribution is 7.92. The number of thiazole rings is 1. The number of ether oxygens (including phenoxy) is 1. The quantitative estimate of drug-likeness (QED) is 0.348. The van der Waals surface area contributed by atoms with E-state index in [0.29, 0.717) is 28.1 Å². The molecule has 1 aliphatic rings. The molecule has 40 heavy (non-hydrogen) atoms. The van der Waals surface area contributed by atoms with Gasteiger partial charge in [-0.15, -0.1) is 0 Å². The summed E-state index contributed by atoms with van der Waals surface area (Å²) in [5.41, 5.74) is 3.05. The van der Waals surface area contributed by atoms with Crippen molar-refractivity contribution in [2.24, 2.45) is 4.99 Å². The van der Waals surface area contributed by atoms with E-state index in [4.69, 9.17) is 4.74 Å². The first-order chi connectivity index (χ1) is 19.2. The van der Waals surface area contributed by atoms with Crippen LogP contribution in [-0.4, -0.2) is 44.4 Å². The van der Waals surface area contributed by atoms with Crippen LogP contribution in [-0.2, 0) is 37.3 Å². The maximum absolute atomic E-state index is 13.4. The van der Waals surface area contributed by atoms with Crippen molar-refractivity contribution in [3.8, 4) is 0 Å². The SMILES string of the molecule is COC(=O)Cn1c(=NC(=O)c2ccc(S(=O)(=O)N3CCCc4ccccc43)cc2)sc2cc(NC(C)=O)ccc21. The minimum absolute atomic E-state index is 0.0777. The number of anilines is 2. The molecule has 0 fully saturated rings. The summed E-state index contributed by atoms with van der Waals surface area (Å²) in [4.78, 5) is 41.3. The van der Waals surface area contributed by atoms with Gasteiger partial charge in [-0.2, -0.15) is 4.99 Å². The van der Waals surface area contributed by atoms with Gasteiger partial charge in [-0.25, -0.2) is 8.42 Å². The van der Waals surface area contributed by atoms with Gasteiger partial charge in [0.15, 0.2) is 4.80 Å². The summed E-state index contributed by atoms with van der Waals surface area (Å²) in [6, 6.07) is 18.3. The third kappa shape index (κ3) is 5.40. The van der Waals surface area contributed by atoms with Crippen LogP contribution in [0.5, 0.6) is 0 Å². The molecule has 12 heteroatoms. The summed E-state index contributed by atoms with van der Waals surface area (Å²) in [5, 5.41) is 2.71. The number of aromatic nitrogens is 1. The zero-order valence-corrected chi connectivity index (χ0v) is 23.4. The van der Waals surface area contributed by atoms with Gasteiger partial charge in [0.1, 0.15) is 6.54 Å². The van der Waals surface area contributed by atoms with Gasteiger partial charge < -0.3 is 14.6 Å². The number of para-hydroxylation sites is 1. The monoisotopic (exact) mass is 578 g/mol. The molecule has 2 amide bonds. The Bertz CT molecular complexity index is 1810. The molecule has 0 saturated carbocycles. The predicted molar refractivity (Wildman–Crippen MR) is 152 cm³/mol. The van der Waals surface area contributed by atoms with Gasteiger partial charge in [0.05, 0.1) is 27.9 Å². The van der Waals surface area contributed by atoms with Crippen LogP contribution >= 0.6 is 11.3 Å². The minimum atomic E-state index is -3.82. The van der Waals surface area contributed by atoms with Crippen molar-refractivity contribution in [2.75, 3.05) is 23.3 Å². The molecule has 1 aliphatic heterocycles. The Morgan fingerprint density at radius 3 is 2.52 bits per heavy atom. The summed E-state index contributed by atoms with van der Waals surface area (Å²) >= 11 is 1.17. The molecule has 0 spiro atoms. The van der Waals surface area contributed by atoms with Gasteiger partial charge in [0.25, 0.3) is 15.9 Å². The fourth-order valence-corrected chi connectivity index (χ4v) is 7.19. The highest BCUT2D eigenvalue weighted by atomic mass is 32.2. The topological polar surface area (TPSA) is 127 Å². The number of sulfonamides is 1. The van der Waals surface area contributed by atoms with Gasteiger partial charge in [-0.05, 0) is 66.9 Å². The van der Waals surface area contributed by atoms with Crippen LogP contribution in [0.2, 0.25) is 0 Å². The number of methoxy groups -OCH3 is 1. The van der Waals surface area contributed by atoms with Crippen LogP contribution in [0.4, 0.5) is 11.4 Å². The van der Waals surface area contributed by atoms with E-state index in [9.17, 15) is 22.8 Å². The van der Waals surface area contributed by atoms with E-state index in [0.717, 1.165) is 18.4 Å². The molecule has 1 aromatic heterocycles. The van der Waals surface area contributed by atoms with Crippen molar-refractivity contribution < 1.29 is 27.5 Å². The number of nitrogens with one attached hydrogen (secondary N) is 1. The fourth-order valence-electron chi connectivity index (χ4n) is 4.58. The third-order valence-electron chi connectivity index (χ3n) is 6.47. The molecule has 3 aromatic carbocycles. The molecule has 4 aromatic rings. The molecule has 1 N–H and O–H groups in total. The summed E-state index contributed by atoms with van der Waals surface area (Å²) in [7, 11) is -2.55. The van der Waals surface area contributed by atoms with Crippen LogP contribution < -0.4 is 14.4 Å². The molecular weight excluding hydrogens is 552 g/mol. The zero-order valence-electron chi connectivity index (χ0n) is 21.8. The Balaban J connectivity index is 1.47. The smallest absolute Gasteiger partial charge is 0.325 e. The second-order valence-corrected chi connectivity index (χ2v) is 12.0. The number of carbonyl (C=O) groups is 3. The second-order valence-electron chi connectivity index (χ2n) is 9.16. The Morgan fingerprint density at radius 2 is 1.80 bits per heavy atom. The molecule has 0 atom stereocenters. The van der Waals surface area contributed by atoms with Gasteiger partial charge in [-0.3, -0.25) is 18.7 Å².